The van der Waals surface area contributed by atoms with Crippen LogP contribution in [0.5, 0.6) is 0 Å². The zero-order valence-corrected chi connectivity index (χ0v) is 9.67. The van der Waals surface area contributed by atoms with Crippen molar-refractivity contribution < 1.29 is 12.8 Å². The van der Waals surface area contributed by atoms with Gasteiger partial charge in [-0.1, -0.05) is 6.07 Å². The molecule has 0 amide bonds. The first-order valence-corrected chi connectivity index (χ1v) is 6.33. The fourth-order valence-corrected chi connectivity index (χ4v) is 2.20. The second kappa shape index (κ2) is 3.55. The Kier molecular flexibility index (Phi) is 2.99. The third-order valence-corrected chi connectivity index (χ3v) is 3.82. The molecule has 0 radical (unpaired) electrons. The largest absolute Gasteiger partial charge is 0.264 e. The second-order valence-corrected chi connectivity index (χ2v) is 5.77. The molecule has 0 unspecified atom stereocenters. The van der Waals surface area contributed by atoms with Crippen LogP contribution in [0.3, 0.4) is 0 Å². The van der Waals surface area contributed by atoms with E-state index in [9.17, 15) is 12.8 Å². The lowest BCUT2D eigenvalue weighted by Crippen LogP contribution is -1.97. The zero-order valence-electron chi connectivity index (χ0n) is 6.51. The maximum absolute atomic E-state index is 13.2. The van der Waals surface area contributed by atoms with Crippen LogP contribution in [0, 0.1) is 12.7 Å². The lowest BCUT2D eigenvalue weighted by Gasteiger charge is -2.03. The quantitative estimate of drug-likeness (QED) is 0.744. The van der Waals surface area contributed by atoms with Crippen LogP contribution < -0.4 is 0 Å². The topological polar surface area (TPSA) is 34.1 Å². The lowest BCUT2D eigenvalue weighted by molar-refractivity contribution is 0.570. The summed E-state index contributed by atoms with van der Waals surface area (Å²) in [5.41, 5.74) is 0.613. The Morgan fingerprint density at radius 1 is 1.46 bits per heavy atom. The first kappa shape index (κ1) is 10.9. The van der Waals surface area contributed by atoms with E-state index < -0.39 is 19.8 Å². The van der Waals surface area contributed by atoms with Gasteiger partial charge in [0.05, 0.1) is 4.47 Å². The predicted octanol–water partition coefficient (Wildman–Crippen LogP) is 2.82. The molecule has 0 aliphatic carbocycles. The lowest BCUT2D eigenvalue weighted by atomic mass is 10.2. The standard InChI is InChI=1S/C7H5BrClFO2S/c1-4-2-3-5(13(9,11)12)7(10)6(4)8/h2-3H,1H3. The van der Waals surface area contributed by atoms with Crippen molar-refractivity contribution in [3.8, 4) is 0 Å². The van der Waals surface area contributed by atoms with Gasteiger partial charge in [-0.15, -0.1) is 0 Å². The normalized spacial score (nSPS) is 11.7. The molecule has 0 spiro atoms. The molecule has 0 aliphatic rings. The third kappa shape index (κ3) is 2.21. The molecular formula is C7H5BrClFO2S. The summed E-state index contributed by atoms with van der Waals surface area (Å²) < 4.78 is 35.0. The molecule has 1 rings (SSSR count). The van der Waals surface area contributed by atoms with E-state index in [1.807, 2.05) is 0 Å². The number of aryl methyl sites for hydroxylation is 1. The van der Waals surface area contributed by atoms with Crippen LogP contribution in [0.2, 0.25) is 0 Å². The molecule has 0 aromatic heterocycles. The minimum atomic E-state index is -4.01. The van der Waals surface area contributed by atoms with E-state index in [0.29, 0.717) is 5.56 Å². The van der Waals surface area contributed by atoms with E-state index >= 15 is 0 Å². The Balaban J connectivity index is 3.53. The van der Waals surface area contributed by atoms with Crippen molar-refractivity contribution in [1.29, 1.82) is 0 Å². The highest BCUT2D eigenvalue weighted by atomic mass is 79.9. The number of hydrogen-bond acceptors (Lipinski definition) is 2. The van der Waals surface area contributed by atoms with Crippen LogP contribution in [-0.4, -0.2) is 8.42 Å². The summed E-state index contributed by atoms with van der Waals surface area (Å²) in [5, 5.41) is 0. The Labute approximate surface area is 88.3 Å². The molecule has 0 fully saturated rings. The van der Waals surface area contributed by atoms with Gasteiger partial charge in [-0.3, -0.25) is 0 Å². The molecule has 0 saturated carbocycles. The highest BCUT2D eigenvalue weighted by Gasteiger charge is 2.18. The van der Waals surface area contributed by atoms with Crippen LogP contribution in [-0.2, 0) is 9.05 Å². The fourth-order valence-electron chi connectivity index (χ4n) is 0.817. The molecular weight excluding hydrogens is 282 g/mol. The van der Waals surface area contributed by atoms with Crippen LogP contribution in [0.1, 0.15) is 5.56 Å². The predicted molar refractivity (Wildman–Crippen MR) is 51.9 cm³/mol. The van der Waals surface area contributed by atoms with Crippen LogP contribution in [0.15, 0.2) is 21.5 Å². The Morgan fingerprint density at radius 3 is 2.46 bits per heavy atom. The van der Waals surface area contributed by atoms with Gasteiger partial charge in [0.15, 0.2) is 5.82 Å². The number of halogens is 3. The van der Waals surface area contributed by atoms with Gasteiger partial charge in [-0.05, 0) is 34.5 Å². The van der Waals surface area contributed by atoms with Crippen molar-refractivity contribution in [3.63, 3.8) is 0 Å². The summed E-state index contributed by atoms with van der Waals surface area (Å²) in [4.78, 5) is -0.508. The molecule has 1 aromatic rings. The number of hydrogen-bond donors (Lipinski definition) is 0. The van der Waals surface area contributed by atoms with E-state index in [1.54, 1.807) is 6.92 Å². The van der Waals surface area contributed by atoms with E-state index in [0.717, 1.165) is 6.07 Å². The van der Waals surface area contributed by atoms with Crippen molar-refractivity contribution >= 4 is 35.7 Å². The molecule has 13 heavy (non-hydrogen) atoms. The monoisotopic (exact) mass is 286 g/mol. The Bertz CT molecular complexity index is 444. The van der Waals surface area contributed by atoms with Gasteiger partial charge in [-0.25, -0.2) is 12.8 Å². The van der Waals surface area contributed by atoms with Gasteiger partial charge >= 0.3 is 0 Å². The maximum Gasteiger partial charge on any atom is 0.264 e. The zero-order chi connectivity index (χ0) is 10.2. The van der Waals surface area contributed by atoms with Gasteiger partial charge in [-0.2, -0.15) is 0 Å². The van der Waals surface area contributed by atoms with Crippen LogP contribution >= 0.6 is 26.6 Å². The van der Waals surface area contributed by atoms with Crippen molar-refractivity contribution in [3.05, 3.63) is 28.0 Å². The number of benzene rings is 1. The third-order valence-electron chi connectivity index (χ3n) is 1.50. The highest BCUT2D eigenvalue weighted by molar-refractivity contribution is 9.10. The average molecular weight is 288 g/mol. The molecule has 0 saturated heterocycles. The van der Waals surface area contributed by atoms with Gasteiger partial charge in [0.25, 0.3) is 9.05 Å². The van der Waals surface area contributed by atoms with E-state index in [1.165, 1.54) is 6.07 Å². The molecule has 2 nitrogen and oxygen atoms in total. The molecule has 0 aliphatic heterocycles. The Morgan fingerprint density at radius 2 is 2.00 bits per heavy atom. The summed E-state index contributed by atoms with van der Waals surface area (Å²) in [7, 11) is 0.994. The SMILES string of the molecule is Cc1ccc(S(=O)(=O)Cl)c(F)c1Br. The maximum atomic E-state index is 13.2. The fraction of sp³-hybridized carbons (Fsp3) is 0.143. The van der Waals surface area contributed by atoms with Gasteiger partial charge in [0, 0.05) is 10.7 Å². The van der Waals surface area contributed by atoms with E-state index in [4.69, 9.17) is 10.7 Å². The average Bonchev–Trinajstić information content (AvgIpc) is 1.98. The first-order chi connectivity index (χ1) is 5.84. The number of rotatable bonds is 1. The molecule has 0 N–H and O–H groups in total. The Hall–Kier alpha value is -0.130. The van der Waals surface area contributed by atoms with Crippen molar-refractivity contribution in [2.24, 2.45) is 0 Å². The summed E-state index contributed by atoms with van der Waals surface area (Å²) in [5.74, 6) is -0.852. The molecule has 0 heterocycles. The summed E-state index contributed by atoms with van der Waals surface area (Å²) in [6.45, 7) is 1.65. The van der Waals surface area contributed by atoms with E-state index in [-0.39, 0.29) is 4.47 Å². The molecule has 6 heteroatoms. The molecule has 72 valence electrons. The second-order valence-electron chi connectivity index (χ2n) is 2.45. The van der Waals surface area contributed by atoms with E-state index in [2.05, 4.69) is 15.9 Å². The molecule has 0 atom stereocenters. The van der Waals surface area contributed by atoms with Gasteiger partial charge in [0.2, 0.25) is 0 Å². The molecule has 1 aromatic carbocycles. The minimum Gasteiger partial charge on any atom is -0.207 e. The summed E-state index contributed by atoms with van der Waals surface area (Å²) in [6.07, 6.45) is 0. The van der Waals surface area contributed by atoms with Gasteiger partial charge < -0.3 is 0 Å². The minimum absolute atomic E-state index is 0.120. The summed E-state index contributed by atoms with van der Waals surface area (Å²) >= 11 is 2.92. The van der Waals surface area contributed by atoms with Crippen LogP contribution in [0.25, 0.3) is 0 Å². The first-order valence-electron chi connectivity index (χ1n) is 3.23. The highest BCUT2D eigenvalue weighted by Crippen LogP contribution is 2.27. The molecule has 0 bridgehead atoms. The van der Waals surface area contributed by atoms with Crippen LogP contribution in [0.4, 0.5) is 4.39 Å². The summed E-state index contributed by atoms with van der Waals surface area (Å²) in [6, 6.07) is 2.61. The smallest absolute Gasteiger partial charge is 0.207 e. The van der Waals surface area contributed by atoms with Crippen molar-refractivity contribution in [2.45, 2.75) is 11.8 Å². The van der Waals surface area contributed by atoms with Crippen molar-refractivity contribution in [1.82, 2.24) is 0 Å². The van der Waals surface area contributed by atoms with Crippen molar-refractivity contribution in [2.75, 3.05) is 0 Å². The van der Waals surface area contributed by atoms with Gasteiger partial charge in [0.1, 0.15) is 4.90 Å².